The summed E-state index contributed by atoms with van der Waals surface area (Å²) < 4.78 is 2.10. The van der Waals surface area contributed by atoms with Crippen LogP contribution in [0.3, 0.4) is 0 Å². The monoisotopic (exact) mass is 384 g/mol. The van der Waals surface area contributed by atoms with Crippen molar-refractivity contribution in [2.75, 3.05) is 10.7 Å². The lowest BCUT2D eigenvalue weighted by Crippen LogP contribution is -2.32. The van der Waals surface area contributed by atoms with Gasteiger partial charge in [0.2, 0.25) is 11.8 Å². The fourth-order valence-electron chi connectivity index (χ4n) is 4.55. The standard InChI is InChI=1S/C20H20N2O2S2/c1-2-3-8-25-20-21-14-7-6-13(10-15(14)26-20)22-18(23)16-11-4-5-12(9-11)17(16)19(22)24/h4-7,10-12,16-17H,2-3,8-9H2,1H3/t11-,12-,16-,17+/m0/s1. The van der Waals surface area contributed by atoms with Crippen molar-refractivity contribution in [1.29, 1.82) is 0 Å². The molecule has 1 saturated carbocycles. The maximum Gasteiger partial charge on any atom is 0.238 e. The highest BCUT2D eigenvalue weighted by molar-refractivity contribution is 8.01. The fourth-order valence-corrected chi connectivity index (χ4v) is 6.81. The number of anilines is 1. The molecule has 4 atom stereocenters. The lowest BCUT2D eigenvalue weighted by Gasteiger charge is -2.17. The van der Waals surface area contributed by atoms with Crippen LogP contribution < -0.4 is 4.90 Å². The second-order valence-corrected chi connectivity index (χ2v) is 9.72. The minimum absolute atomic E-state index is 0.0155. The van der Waals surface area contributed by atoms with Crippen LogP contribution in [0, 0.1) is 23.7 Å². The molecule has 26 heavy (non-hydrogen) atoms. The number of allylic oxidation sites excluding steroid dienone is 2. The van der Waals surface area contributed by atoms with Gasteiger partial charge in [0.1, 0.15) is 0 Å². The highest BCUT2D eigenvalue weighted by atomic mass is 32.2. The molecule has 2 heterocycles. The average Bonchev–Trinajstić information content (AvgIpc) is 3.38. The molecule has 134 valence electrons. The van der Waals surface area contributed by atoms with Crippen molar-refractivity contribution in [1.82, 2.24) is 4.98 Å². The Labute approximate surface area is 160 Å². The van der Waals surface area contributed by atoms with Crippen LogP contribution in [-0.4, -0.2) is 22.6 Å². The molecule has 1 aromatic heterocycles. The summed E-state index contributed by atoms with van der Waals surface area (Å²) in [5.41, 5.74) is 1.65. The van der Waals surface area contributed by atoms with Gasteiger partial charge in [0.05, 0.1) is 27.7 Å². The third kappa shape index (κ3) is 2.38. The zero-order valence-electron chi connectivity index (χ0n) is 14.6. The number of imide groups is 1. The van der Waals surface area contributed by atoms with Crippen molar-refractivity contribution in [3.8, 4) is 0 Å². The molecule has 1 saturated heterocycles. The number of thiazole rings is 1. The third-order valence-electron chi connectivity index (χ3n) is 5.80. The summed E-state index contributed by atoms with van der Waals surface area (Å²) in [5, 5.41) is 0. The molecule has 2 fully saturated rings. The lowest BCUT2D eigenvalue weighted by molar-refractivity contribution is -0.123. The smallest absolute Gasteiger partial charge is 0.238 e. The van der Waals surface area contributed by atoms with Crippen LogP contribution in [0.25, 0.3) is 10.2 Å². The third-order valence-corrected chi connectivity index (χ3v) is 8.05. The molecule has 5 rings (SSSR count). The molecular weight excluding hydrogens is 364 g/mol. The molecule has 1 aliphatic heterocycles. The van der Waals surface area contributed by atoms with Crippen LogP contribution in [0.5, 0.6) is 0 Å². The van der Waals surface area contributed by atoms with Gasteiger partial charge in [-0.05, 0) is 42.9 Å². The predicted octanol–water partition coefficient (Wildman–Crippen LogP) is 4.50. The summed E-state index contributed by atoms with van der Waals surface area (Å²) in [6, 6.07) is 5.77. The topological polar surface area (TPSA) is 50.3 Å². The van der Waals surface area contributed by atoms with Gasteiger partial charge in [-0.15, -0.1) is 11.3 Å². The lowest BCUT2D eigenvalue weighted by atomic mass is 9.85. The van der Waals surface area contributed by atoms with E-state index in [1.165, 1.54) is 17.7 Å². The van der Waals surface area contributed by atoms with Gasteiger partial charge >= 0.3 is 0 Å². The number of thioether (sulfide) groups is 1. The van der Waals surface area contributed by atoms with E-state index in [2.05, 4.69) is 24.1 Å². The molecule has 2 bridgehead atoms. The quantitative estimate of drug-likeness (QED) is 0.330. The molecule has 0 spiro atoms. The first kappa shape index (κ1) is 16.5. The van der Waals surface area contributed by atoms with Crippen LogP contribution in [0.4, 0.5) is 5.69 Å². The first-order chi connectivity index (χ1) is 12.7. The average molecular weight is 385 g/mol. The number of benzene rings is 1. The Hall–Kier alpha value is -1.66. The van der Waals surface area contributed by atoms with E-state index in [0.29, 0.717) is 5.69 Å². The number of nitrogens with zero attached hydrogens (tertiary/aromatic N) is 2. The summed E-state index contributed by atoms with van der Waals surface area (Å²) in [6.45, 7) is 2.19. The van der Waals surface area contributed by atoms with Crippen LogP contribution in [0.1, 0.15) is 26.2 Å². The van der Waals surface area contributed by atoms with Gasteiger partial charge in [-0.3, -0.25) is 9.59 Å². The molecule has 0 unspecified atom stereocenters. The summed E-state index contributed by atoms with van der Waals surface area (Å²) >= 11 is 3.43. The number of carbonyl (C=O) groups is 2. The minimum atomic E-state index is -0.144. The molecule has 2 amide bonds. The van der Waals surface area contributed by atoms with Gasteiger partial charge in [-0.25, -0.2) is 9.88 Å². The number of carbonyl (C=O) groups excluding carboxylic acids is 2. The molecule has 0 radical (unpaired) electrons. The first-order valence-electron chi connectivity index (χ1n) is 9.27. The molecule has 2 aromatic rings. The molecule has 6 heteroatoms. The van der Waals surface area contributed by atoms with Crippen LogP contribution in [0.15, 0.2) is 34.7 Å². The highest BCUT2D eigenvalue weighted by Gasteiger charge is 2.59. The Balaban J connectivity index is 1.44. The van der Waals surface area contributed by atoms with Crippen LogP contribution in [0.2, 0.25) is 0 Å². The van der Waals surface area contributed by atoms with Gasteiger partial charge in [0.25, 0.3) is 0 Å². The van der Waals surface area contributed by atoms with Gasteiger partial charge in [-0.1, -0.05) is 37.3 Å². The van der Waals surface area contributed by atoms with Crippen molar-refractivity contribution in [2.45, 2.75) is 30.5 Å². The normalized spacial score (nSPS) is 29.3. The predicted molar refractivity (Wildman–Crippen MR) is 105 cm³/mol. The van der Waals surface area contributed by atoms with E-state index in [-0.39, 0.29) is 35.5 Å². The van der Waals surface area contributed by atoms with Crippen molar-refractivity contribution in [2.24, 2.45) is 23.7 Å². The maximum absolute atomic E-state index is 13.0. The number of aromatic nitrogens is 1. The van der Waals surface area contributed by atoms with Crippen molar-refractivity contribution >= 4 is 50.8 Å². The number of amides is 2. The zero-order valence-corrected chi connectivity index (χ0v) is 16.2. The summed E-state index contributed by atoms with van der Waals surface area (Å²) in [4.78, 5) is 32.0. The Kier molecular flexibility index (Phi) is 3.94. The van der Waals surface area contributed by atoms with Crippen LogP contribution in [-0.2, 0) is 9.59 Å². The maximum atomic E-state index is 13.0. The fraction of sp³-hybridized carbons (Fsp3) is 0.450. The zero-order chi connectivity index (χ0) is 17.8. The Bertz CT molecular complexity index is 905. The minimum Gasteiger partial charge on any atom is -0.274 e. The number of rotatable bonds is 5. The molecule has 2 aliphatic carbocycles. The van der Waals surface area contributed by atoms with E-state index < -0.39 is 0 Å². The van der Waals surface area contributed by atoms with E-state index in [9.17, 15) is 9.59 Å². The van der Waals surface area contributed by atoms with Crippen molar-refractivity contribution in [3.63, 3.8) is 0 Å². The highest BCUT2D eigenvalue weighted by Crippen LogP contribution is 2.53. The molecule has 3 aliphatic rings. The number of unbranched alkanes of at least 4 members (excludes halogenated alkanes) is 1. The van der Waals surface area contributed by atoms with E-state index in [1.807, 2.05) is 18.2 Å². The Morgan fingerprint density at radius 1 is 1.19 bits per heavy atom. The van der Waals surface area contributed by atoms with E-state index in [1.54, 1.807) is 23.1 Å². The van der Waals surface area contributed by atoms with Gasteiger partial charge in [0.15, 0.2) is 4.34 Å². The number of hydrogen-bond acceptors (Lipinski definition) is 5. The second-order valence-electron chi connectivity index (χ2n) is 7.35. The Morgan fingerprint density at radius 2 is 1.92 bits per heavy atom. The molecule has 1 aromatic carbocycles. The summed E-state index contributed by atoms with van der Waals surface area (Å²) in [7, 11) is 0. The molecular formula is C20H20N2O2S2. The second kappa shape index (κ2) is 6.20. The summed E-state index contributed by atoms with van der Waals surface area (Å²) in [5.74, 6) is 1.26. The van der Waals surface area contributed by atoms with Crippen LogP contribution >= 0.6 is 23.1 Å². The molecule has 0 N–H and O–H groups in total. The van der Waals surface area contributed by atoms with E-state index >= 15 is 0 Å². The van der Waals surface area contributed by atoms with E-state index in [4.69, 9.17) is 0 Å². The van der Waals surface area contributed by atoms with Crippen molar-refractivity contribution in [3.05, 3.63) is 30.4 Å². The first-order valence-corrected chi connectivity index (χ1v) is 11.1. The van der Waals surface area contributed by atoms with E-state index in [0.717, 1.165) is 26.7 Å². The van der Waals surface area contributed by atoms with Gasteiger partial charge < -0.3 is 0 Å². The summed E-state index contributed by atoms with van der Waals surface area (Å²) in [6.07, 6.45) is 7.59. The SMILES string of the molecule is CCCCSc1nc2ccc(N3C(=O)[C@@H]4[C@H](C3=O)[C@H]3C=C[C@H]4C3)cc2s1. The van der Waals surface area contributed by atoms with Crippen molar-refractivity contribution < 1.29 is 9.59 Å². The largest absolute Gasteiger partial charge is 0.274 e. The number of hydrogen-bond donors (Lipinski definition) is 0. The molecule has 4 nitrogen and oxygen atoms in total. The number of fused-ring (bicyclic) bond motifs is 6. The van der Waals surface area contributed by atoms with Gasteiger partial charge in [-0.2, -0.15) is 0 Å². The Morgan fingerprint density at radius 3 is 2.62 bits per heavy atom. The van der Waals surface area contributed by atoms with Gasteiger partial charge in [0, 0.05) is 5.75 Å².